The zero-order valence-electron chi connectivity index (χ0n) is 22.8. The summed E-state index contributed by atoms with van der Waals surface area (Å²) in [7, 11) is 2.16. The molecule has 9 heteroatoms. The first-order valence-electron chi connectivity index (χ1n) is 13.6. The largest absolute Gasteiger partial charge is 0.491 e. The second-order valence-electron chi connectivity index (χ2n) is 10.2. The minimum Gasteiger partial charge on any atom is -0.491 e. The van der Waals surface area contributed by atoms with Crippen molar-refractivity contribution in [2.45, 2.75) is 39.0 Å². The number of rotatable bonds is 7. The molecule has 3 aromatic rings. The summed E-state index contributed by atoms with van der Waals surface area (Å²) in [5.74, 6) is 0.297. The maximum Gasteiger partial charge on any atom is 0.336 e. The van der Waals surface area contributed by atoms with Crippen LogP contribution in [0.25, 0.3) is 11.0 Å². The van der Waals surface area contributed by atoms with Crippen molar-refractivity contribution in [3.8, 4) is 5.75 Å². The van der Waals surface area contributed by atoms with E-state index >= 15 is 0 Å². The molecule has 1 aromatic heterocycles. The molecule has 0 saturated carbocycles. The molecule has 0 radical (unpaired) electrons. The molecule has 3 heterocycles. The smallest absolute Gasteiger partial charge is 0.336 e. The Labute approximate surface area is 242 Å². The van der Waals surface area contributed by atoms with Gasteiger partial charge in [-0.25, -0.2) is 4.79 Å². The lowest BCUT2D eigenvalue weighted by molar-refractivity contribution is 0.0981. The molecule has 212 valence electrons. The molecule has 0 atom stereocenters. The summed E-state index contributed by atoms with van der Waals surface area (Å²) in [5.41, 5.74) is 3.22. The van der Waals surface area contributed by atoms with Crippen LogP contribution in [-0.2, 0) is 12.8 Å². The Hall–Kier alpha value is -2.58. The van der Waals surface area contributed by atoms with Crippen molar-refractivity contribution in [3.63, 3.8) is 0 Å². The van der Waals surface area contributed by atoms with Crippen molar-refractivity contribution in [1.29, 1.82) is 0 Å². The Morgan fingerprint density at radius 3 is 2.64 bits per heavy atom. The lowest BCUT2D eigenvalue weighted by atomic mass is 9.98. The number of benzene rings is 2. The van der Waals surface area contributed by atoms with E-state index in [9.17, 15) is 9.59 Å². The summed E-state index contributed by atoms with van der Waals surface area (Å²) in [6.45, 7) is 8.13. The number of carbonyl (C=O) groups is 1. The van der Waals surface area contributed by atoms with E-state index in [1.807, 2.05) is 35.2 Å². The molecule has 2 aromatic carbocycles. The summed E-state index contributed by atoms with van der Waals surface area (Å²) in [4.78, 5) is 33.3. The zero-order chi connectivity index (χ0) is 25.8. The van der Waals surface area contributed by atoms with Crippen molar-refractivity contribution in [2.24, 2.45) is 0 Å². The van der Waals surface area contributed by atoms with Gasteiger partial charge in [-0.3, -0.25) is 9.69 Å². The molecule has 0 unspecified atom stereocenters. The molecule has 5 rings (SSSR count). The molecule has 2 aliphatic heterocycles. The molecule has 1 amide bonds. The highest BCUT2D eigenvalue weighted by Crippen LogP contribution is 2.34. The van der Waals surface area contributed by atoms with Crippen LogP contribution in [-0.4, -0.2) is 68.6 Å². The van der Waals surface area contributed by atoms with Crippen LogP contribution in [0.15, 0.2) is 51.7 Å². The van der Waals surface area contributed by atoms with Crippen LogP contribution in [0.4, 0.5) is 5.69 Å². The van der Waals surface area contributed by atoms with Gasteiger partial charge in [0.15, 0.2) is 5.58 Å². The predicted octanol–water partition coefficient (Wildman–Crippen LogP) is 5.20. The third-order valence-electron chi connectivity index (χ3n) is 7.53. The Kier molecular flexibility index (Phi) is 11.2. The van der Waals surface area contributed by atoms with Crippen molar-refractivity contribution >= 4 is 47.4 Å². The molecule has 0 spiro atoms. The van der Waals surface area contributed by atoms with Gasteiger partial charge < -0.3 is 19.0 Å². The maximum absolute atomic E-state index is 14.2. The fourth-order valence-corrected chi connectivity index (χ4v) is 5.56. The van der Waals surface area contributed by atoms with Crippen molar-refractivity contribution < 1.29 is 13.9 Å². The van der Waals surface area contributed by atoms with Crippen molar-refractivity contribution in [3.05, 3.63) is 69.6 Å². The summed E-state index contributed by atoms with van der Waals surface area (Å²) in [6, 6.07) is 13.4. The van der Waals surface area contributed by atoms with Gasteiger partial charge in [-0.2, -0.15) is 0 Å². The topological polar surface area (TPSA) is 66.2 Å². The third-order valence-corrected chi connectivity index (χ3v) is 7.53. The van der Waals surface area contributed by atoms with E-state index < -0.39 is 5.63 Å². The molecule has 0 aliphatic carbocycles. The van der Waals surface area contributed by atoms with Gasteiger partial charge in [0.25, 0.3) is 5.91 Å². The van der Waals surface area contributed by atoms with Crippen LogP contribution < -0.4 is 15.3 Å². The molecular formula is C30H39Cl2N3O4. The van der Waals surface area contributed by atoms with Gasteiger partial charge in [-0.1, -0.05) is 31.5 Å². The number of amides is 1. The Balaban J connectivity index is 0.00000210. The number of para-hydroxylation sites is 1. The van der Waals surface area contributed by atoms with Crippen LogP contribution in [0.3, 0.4) is 0 Å². The quantitative estimate of drug-likeness (QED) is 0.361. The second kappa shape index (κ2) is 14.2. The standard InChI is InChI=1S/C30H37N3O4.2ClH/c1-3-8-23-21-27(34)37-29-24(23)12-13-26(36-20-19-32-15-7-14-31(2)17-18-32)28(29)30(35)33-16-6-10-22-9-4-5-11-25(22)33;;/h4-5,9,11-13,21H,3,6-8,10,14-20H2,1-2H3;2*1H. The summed E-state index contributed by atoms with van der Waals surface area (Å²) >= 11 is 0. The number of hydrogen-bond donors (Lipinski definition) is 0. The van der Waals surface area contributed by atoms with Crippen LogP contribution in [0.5, 0.6) is 5.75 Å². The first-order chi connectivity index (χ1) is 18.0. The van der Waals surface area contributed by atoms with E-state index in [1.54, 1.807) is 6.07 Å². The number of anilines is 1. The fourth-order valence-electron chi connectivity index (χ4n) is 5.56. The van der Waals surface area contributed by atoms with Gasteiger partial charge in [-0.15, -0.1) is 24.8 Å². The van der Waals surface area contributed by atoms with Gasteiger partial charge in [0.2, 0.25) is 0 Å². The van der Waals surface area contributed by atoms with Crippen LogP contribution in [0.1, 0.15) is 47.7 Å². The van der Waals surface area contributed by atoms with Gasteiger partial charge in [-0.05, 0) is 75.1 Å². The van der Waals surface area contributed by atoms with Crippen LogP contribution in [0.2, 0.25) is 0 Å². The molecular weight excluding hydrogens is 537 g/mol. The number of fused-ring (bicyclic) bond motifs is 2. The molecule has 1 fully saturated rings. The number of nitrogens with zero attached hydrogens (tertiary/aromatic N) is 3. The van der Waals surface area contributed by atoms with E-state index in [-0.39, 0.29) is 30.7 Å². The zero-order valence-corrected chi connectivity index (χ0v) is 24.5. The number of hydrogen-bond acceptors (Lipinski definition) is 6. The molecule has 2 aliphatic rings. The SMILES string of the molecule is CCCc1cc(=O)oc2c(C(=O)N3CCCc4ccccc43)c(OCCN3CCCN(C)CC3)ccc12.Cl.Cl. The molecule has 7 nitrogen and oxygen atoms in total. The average molecular weight is 577 g/mol. The van der Waals surface area contributed by atoms with E-state index in [4.69, 9.17) is 9.15 Å². The van der Waals surface area contributed by atoms with E-state index in [2.05, 4.69) is 29.8 Å². The van der Waals surface area contributed by atoms with E-state index in [0.717, 1.165) is 87.0 Å². The van der Waals surface area contributed by atoms with Crippen LogP contribution in [0, 0.1) is 0 Å². The molecule has 39 heavy (non-hydrogen) atoms. The first kappa shape index (κ1) is 31.0. The average Bonchev–Trinajstić information content (AvgIpc) is 3.11. The first-order valence-corrected chi connectivity index (χ1v) is 13.6. The van der Waals surface area contributed by atoms with Gasteiger partial charge in [0.05, 0.1) is 0 Å². The van der Waals surface area contributed by atoms with E-state index in [0.29, 0.717) is 30.0 Å². The number of halogens is 2. The number of likely N-dealkylation sites (N-methyl/N-ethyl adjacent to an activating group) is 1. The highest BCUT2D eigenvalue weighted by atomic mass is 35.5. The predicted molar refractivity (Wildman–Crippen MR) is 161 cm³/mol. The lowest BCUT2D eigenvalue weighted by Crippen LogP contribution is -2.36. The Bertz CT molecular complexity index is 1330. The van der Waals surface area contributed by atoms with Crippen LogP contribution >= 0.6 is 24.8 Å². The van der Waals surface area contributed by atoms with E-state index in [1.165, 1.54) is 0 Å². The monoisotopic (exact) mass is 575 g/mol. The Morgan fingerprint density at radius 1 is 1.00 bits per heavy atom. The Morgan fingerprint density at radius 2 is 1.82 bits per heavy atom. The van der Waals surface area contributed by atoms with Crippen molar-refractivity contribution in [2.75, 3.05) is 57.8 Å². The lowest BCUT2D eigenvalue weighted by Gasteiger charge is -2.30. The molecule has 0 N–H and O–H groups in total. The normalized spacial score (nSPS) is 16.1. The number of aryl methyl sites for hydroxylation is 2. The highest BCUT2D eigenvalue weighted by Gasteiger charge is 2.29. The third kappa shape index (κ3) is 6.95. The van der Waals surface area contributed by atoms with Gasteiger partial charge in [0, 0.05) is 43.3 Å². The van der Waals surface area contributed by atoms with Gasteiger partial charge in [0.1, 0.15) is 17.9 Å². The minimum absolute atomic E-state index is 0. The fraction of sp³-hybridized carbons (Fsp3) is 0.467. The van der Waals surface area contributed by atoms with Crippen molar-refractivity contribution in [1.82, 2.24) is 9.80 Å². The summed E-state index contributed by atoms with van der Waals surface area (Å²) < 4.78 is 12.0. The number of carbonyl (C=O) groups excluding carboxylic acids is 1. The maximum atomic E-state index is 14.2. The summed E-state index contributed by atoms with van der Waals surface area (Å²) in [6.07, 6.45) is 4.60. The summed E-state index contributed by atoms with van der Waals surface area (Å²) in [5, 5.41) is 0.804. The number of ether oxygens (including phenoxy) is 1. The highest BCUT2D eigenvalue weighted by molar-refractivity contribution is 6.15. The minimum atomic E-state index is -0.435. The molecule has 1 saturated heterocycles. The van der Waals surface area contributed by atoms with Gasteiger partial charge >= 0.3 is 5.63 Å². The molecule has 0 bridgehead atoms. The second-order valence-corrected chi connectivity index (χ2v) is 10.2.